The summed E-state index contributed by atoms with van der Waals surface area (Å²) in [6, 6.07) is 0. The summed E-state index contributed by atoms with van der Waals surface area (Å²) in [5.74, 6) is 0.294. The van der Waals surface area contributed by atoms with Gasteiger partial charge in [0.1, 0.15) is 0 Å². The first kappa shape index (κ1) is 11.0. The normalized spacial score (nSPS) is 44.8. The Morgan fingerprint density at radius 1 is 1.12 bits per heavy atom. The molecular formula is C13H22O3. The topological polar surface area (TPSA) is 31.0 Å². The molecule has 16 heavy (non-hydrogen) atoms. The fourth-order valence-corrected chi connectivity index (χ4v) is 3.40. The Bertz CT molecular complexity index is 281. The maximum atomic E-state index is 5.96. The third-order valence-electron chi connectivity index (χ3n) is 4.68. The van der Waals surface area contributed by atoms with E-state index in [0.29, 0.717) is 18.1 Å². The highest BCUT2D eigenvalue weighted by Crippen LogP contribution is 2.53. The average Bonchev–Trinajstić information content (AvgIpc) is 2.77. The predicted octanol–water partition coefficient (Wildman–Crippen LogP) is 2.34. The molecule has 0 radical (unpaired) electrons. The van der Waals surface area contributed by atoms with E-state index in [0.717, 1.165) is 19.6 Å². The third kappa shape index (κ3) is 1.52. The Labute approximate surface area is 97.4 Å². The van der Waals surface area contributed by atoms with Gasteiger partial charge in [0.2, 0.25) is 0 Å². The van der Waals surface area contributed by atoms with Crippen LogP contribution in [0.3, 0.4) is 0 Å². The molecule has 0 amide bonds. The molecule has 0 N–H and O–H groups in total. The number of rotatable bonds is 1. The third-order valence-corrected chi connectivity index (χ3v) is 4.68. The summed E-state index contributed by atoms with van der Waals surface area (Å²) in [7, 11) is 0. The van der Waals surface area contributed by atoms with Crippen LogP contribution in [0.15, 0.2) is 0 Å². The van der Waals surface area contributed by atoms with Crippen LogP contribution >= 0.6 is 0 Å². The lowest BCUT2D eigenvalue weighted by atomic mass is 9.67. The van der Waals surface area contributed by atoms with Gasteiger partial charge in [0, 0.05) is 11.8 Å². The van der Waals surface area contributed by atoms with E-state index in [1.165, 1.54) is 12.8 Å². The van der Waals surface area contributed by atoms with Gasteiger partial charge in [-0.3, -0.25) is 0 Å². The van der Waals surface area contributed by atoms with Crippen LogP contribution in [0.1, 0.15) is 40.0 Å². The molecule has 1 saturated carbocycles. The van der Waals surface area contributed by atoms with E-state index in [1.807, 2.05) is 0 Å². The second-order valence-corrected chi connectivity index (χ2v) is 6.14. The summed E-state index contributed by atoms with van der Waals surface area (Å²) in [5, 5.41) is 0. The van der Waals surface area contributed by atoms with Gasteiger partial charge in [-0.25, -0.2) is 0 Å². The van der Waals surface area contributed by atoms with Gasteiger partial charge in [-0.05, 0) is 25.7 Å². The Hall–Kier alpha value is -0.120. The molecule has 2 saturated heterocycles. The molecule has 1 spiro atoms. The molecule has 0 aromatic carbocycles. The second-order valence-electron chi connectivity index (χ2n) is 6.14. The van der Waals surface area contributed by atoms with Gasteiger partial charge in [0.05, 0.1) is 25.4 Å². The maximum absolute atomic E-state index is 5.96. The number of epoxide rings is 1. The lowest BCUT2D eigenvalue weighted by Gasteiger charge is -2.48. The summed E-state index contributed by atoms with van der Waals surface area (Å²) in [6.07, 6.45) is 4.33. The molecule has 0 aromatic rings. The van der Waals surface area contributed by atoms with Crippen LogP contribution in [0.25, 0.3) is 0 Å². The molecule has 3 atom stereocenters. The van der Waals surface area contributed by atoms with E-state index in [-0.39, 0.29) is 11.2 Å². The Kier molecular flexibility index (Phi) is 2.36. The molecule has 3 nitrogen and oxygen atoms in total. The van der Waals surface area contributed by atoms with Gasteiger partial charge in [-0.15, -0.1) is 0 Å². The molecule has 2 heterocycles. The molecule has 2 aliphatic heterocycles. The van der Waals surface area contributed by atoms with Gasteiger partial charge < -0.3 is 14.2 Å². The molecular weight excluding hydrogens is 204 g/mol. The van der Waals surface area contributed by atoms with Crippen molar-refractivity contribution in [3.05, 3.63) is 0 Å². The number of hydrogen-bond acceptors (Lipinski definition) is 3. The summed E-state index contributed by atoms with van der Waals surface area (Å²) in [6.45, 7) is 8.19. The standard InChI is InChI=1S/C13H22O3/c1-9-11(16-9)10-4-5-12(2,3)13(8-10)14-6-7-15-13/h9-11H,4-8H2,1-3H3. The van der Waals surface area contributed by atoms with Crippen molar-refractivity contribution in [1.29, 1.82) is 0 Å². The van der Waals surface area contributed by atoms with Crippen LogP contribution in [-0.2, 0) is 14.2 Å². The van der Waals surface area contributed by atoms with Crippen molar-refractivity contribution < 1.29 is 14.2 Å². The van der Waals surface area contributed by atoms with Crippen molar-refractivity contribution in [3.8, 4) is 0 Å². The van der Waals surface area contributed by atoms with Crippen LogP contribution in [-0.4, -0.2) is 31.2 Å². The zero-order valence-electron chi connectivity index (χ0n) is 10.5. The first-order chi connectivity index (χ1) is 7.54. The van der Waals surface area contributed by atoms with E-state index in [2.05, 4.69) is 20.8 Å². The second kappa shape index (κ2) is 3.44. The maximum Gasteiger partial charge on any atom is 0.173 e. The summed E-state index contributed by atoms with van der Waals surface area (Å²) >= 11 is 0. The van der Waals surface area contributed by atoms with Gasteiger partial charge in [0.15, 0.2) is 5.79 Å². The zero-order chi connectivity index (χ0) is 11.4. The highest BCUT2D eigenvalue weighted by molar-refractivity contribution is 5.01. The molecule has 3 aliphatic rings. The minimum Gasteiger partial charge on any atom is -0.370 e. The van der Waals surface area contributed by atoms with Crippen LogP contribution < -0.4 is 0 Å². The van der Waals surface area contributed by atoms with Crippen molar-refractivity contribution in [1.82, 2.24) is 0 Å². The van der Waals surface area contributed by atoms with E-state index in [9.17, 15) is 0 Å². The molecule has 3 unspecified atom stereocenters. The van der Waals surface area contributed by atoms with E-state index < -0.39 is 0 Å². The lowest BCUT2D eigenvalue weighted by Crippen LogP contribution is -2.51. The predicted molar refractivity (Wildman–Crippen MR) is 60.1 cm³/mol. The minimum atomic E-state index is -0.332. The molecule has 0 bridgehead atoms. The van der Waals surface area contributed by atoms with Crippen molar-refractivity contribution in [2.24, 2.45) is 11.3 Å². The molecule has 3 fully saturated rings. The number of ether oxygens (including phenoxy) is 3. The average molecular weight is 226 g/mol. The van der Waals surface area contributed by atoms with Gasteiger partial charge >= 0.3 is 0 Å². The van der Waals surface area contributed by atoms with Gasteiger partial charge in [-0.2, -0.15) is 0 Å². The van der Waals surface area contributed by atoms with Crippen molar-refractivity contribution in [3.63, 3.8) is 0 Å². The fourth-order valence-electron chi connectivity index (χ4n) is 3.40. The Morgan fingerprint density at radius 3 is 2.31 bits per heavy atom. The first-order valence-corrected chi connectivity index (χ1v) is 6.47. The molecule has 1 aliphatic carbocycles. The minimum absolute atomic E-state index is 0.137. The quantitative estimate of drug-likeness (QED) is 0.643. The van der Waals surface area contributed by atoms with Crippen molar-refractivity contribution >= 4 is 0 Å². The van der Waals surface area contributed by atoms with E-state index in [4.69, 9.17) is 14.2 Å². The molecule has 3 rings (SSSR count). The number of hydrogen-bond donors (Lipinski definition) is 0. The van der Waals surface area contributed by atoms with Crippen LogP contribution in [0.2, 0.25) is 0 Å². The molecule has 0 aromatic heterocycles. The van der Waals surface area contributed by atoms with Crippen molar-refractivity contribution in [2.45, 2.75) is 58.0 Å². The van der Waals surface area contributed by atoms with Crippen LogP contribution in [0.4, 0.5) is 0 Å². The first-order valence-electron chi connectivity index (χ1n) is 6.47. The van der Waals surface area contributed by atoms with E-state index in [1.54, 1.807) is 0 Å². The summed E-state index contributed by atoms with van der Waals surface area (Å²) in [4.78, 5) is 0. The smallest absolute Gasteiger partial charge is 0.173 e. The summed E-state index contributed by atoms with van der Waals surface area (Å²) in [5.41, 5.74) is 0.137. The monoisotopic (exact) mass is 226 g/mol. The Balaban J connectivity index is 1.77. The SMILES string of the molecule is CC1OC1C1CCC(C)(C)C2(C1)OCCO2. The van der Waals surface area contributed by atoms with Crippen LogP contribution in [0.5, 0.6) is 0 Å². The van der Waals surface area contributed by atoms with Gasteiger partial charge in [-0.1, -0.05) is 13.8 Å². The highest BCUT2D eigenvalue weighted by atomic mass is 16.7. The lowest BCUT2D eigenvalue weighted by molar-refractivity contribution is -0.255. The molecule has 92 valence electrons. The van der Waals surface area contributed by atoms with Gasteiger partial charge in [0.25, 0.3) is 0 Å². The summed E-state index contributed by atoms with van der Waals surface area (Å²) < 4.78 is 17.5. The highest BCUT2D eigenvalue weighted by Gasteiger charge is 2.57. The zero-order valence-corrected chi connectivity index (χ0v) is 10.5. The van der Waals surface area contributed by atoms with Crippen LogP contribution in [0, 0.1) is 11.3 Å². The largest absolute Gasteiger partial charge is 0.370 e. The Morgan fingerprint density at radius 2 is 1.75 bits per heavy atom. The van der Waals surface area contributed by atoms with E-state index >= 15 is 0 Å². The van der Waals surface area contributed by atoms with Crippen molar-refractivity contribution in [2.75, 3.05) is 13.2 Å². The fraction of sp³-hybridized carbons (Fsp3) is 1.00. The molecule has 3 heteroatoms.